The molecule has 2 rings (SSSR count). The van der Waals surface area contributed by atoms with Gasteiger partial charge in [0.15, 0.2) is 0 Å². The summed E-state index contributed by atoms with van der Waals surface area (Å²) in [6.07, 6.45) is 1.28. The number of aryl methyl sites for hydroxylation is 1. The van der Waals surface area contributed by atoms with Gasteiger partial charge in [0.25, 0.3) is 0 Å². The smallest absolute Gasteiger partial charge is 0.0489 e. The standard InChI is InChI=1S/C11H14BrNS/c1-8-2-3-10(12)11(6-8)13-9-4-5-14-7-9/h2-3,6,9,13H,4-5,7H2,1H3. The third kappa shape index (κ3) is 2.45. The van der Waals surface area contributed by atoms with Gasteiger partial charge in [-0.05, 0) is 52.7 Å². The molecule has 1 aromatic rings. The highest BCUT2D eigenvalue weighted by atomic mass is 79.9. The van der Waals surface area contributed by atoms with E-state index in [1.165, 1.54) is 33.7 Å². The first kappa shape index (κ1) is 10.4. The molecule has 1 unspecified atom stereocenters. The molecule has 1 aliphatic heterocycles. The Hall–Kier alpha value is -0.150. The Morgan fingerprint density at radius 3 is 3.07 bits per heavy atom. The van der Waals surface area contributed by atoms with E-state index in [1.54, 1.807) is 0 Å². The van der Waals surface area contributed by atoms with E-state index >= 15 is 0 Å². The molecule has 1 heterocycles. The van der Waals surface area contributed by atoms with Gasteiger partial charge in [0, 0.05) is 22.0 Å². The second-order valence-corrected chi connectivity index (χ2v) is 5.69. The van der Waals surface area contributed by atoms with Crippen LogP contribution >= 0.6 is 27.7 Å². The molecule has 1 nitrogen and oxygen atoms in total. The number of thioether (sulfide) groups is 1. The van der Waals surface area contributed by atoms with E-state index in [4.69, 9.17) is 0 Å². The molecule has 76 valence electrons. The van der Waals surface area contributed by atoms with Crippen molar-refractivity contribution in [2.75, 3.05) is 16.8 Å². The second kappa shape index (κ2) is 4.58. The minimum atomic E-state index is 0.651. The van der Waals surface area contributed by atoms with Crippen molar-refractivity contribution in [3.05, 3.63) is 28.2 Å². The third-order valence-electron chi connectivity index (χ3n) is 2.41. The number of hydrogen-bond acceptors (Lipinski definition) is 2. The summed E-state index contributed by atoms with van der Waals surface area (Å²) in [5.74, 6) is 2.53. The Morgan fingerprint density at radius 2 is 2.36 bits per heavy atom. The van der Waals surface area contributed by atoms with Crippen molar-refractivity contribution in [2.45, 2.75) is 19.4 Å². The zero-order valence-corrected chi connectivity index (χ0v) is 10.6. The molecule has 14 heavy (non-hydrogen) atoms. The first-order chi connectivity index (χ1) is 6.75. The predicted octanol–water partition coefficient (Wildman–Crippen LogP) is 3.67. The lowest BCUT2D eigenvalue weighted by Gasteiger charge is -2.14. The molecule has 0 bridgehead atoms. The summed E-state index contributed by atoms with van der Waals surface area (Å²) in [5.41, 5.74) is 2.54. The number of halogens is 1. The van der Waals surface area contributed by atoms with Gasteiger partial charge in [-0.1, -0.05) is 6.07 Å². The third-order valence-corrected chi connectivity index (χ3v) is 4.27. The highest BCUT2D eigenvalue weighted by molar-refractivity contribution is 9.10. The topological polar surface area (TPSA) is 12.0 Å². The van der Waals surface area contributed by atoms with Crippen LogP contribution in [0.3, 0.4) is 0 Å². The molecule has 3 heteroatoms. The zero-order chi connectivity index (χ0) is 9.97. The first-order valence-corrected chi connectivity index (χ1v) is 6.81. The van der Waals surface area contributed by atoms with Crippen molar-refractivity contribution in [2.24, 2.45) is 0 Å². The van der Waals surface area contributed by atoms with Crippen LogP contribution in [-0.4, -0.2) is 17.5 Å². The van der Waals surface area contributed by atoms with Crippen molar-refractivity contribution in [3.63, 3.8) is 0 Å². The Kier molecular flexibility index (Phi) is 3.39. The van der Waals surface area contributed by atoms with Gasteiger partial charge in [0.05, 0.1) is 0 Å². The fourth-order valence-electron chi connectivity index (χ4n) is 1.62. The zero-order valence-electron chi connectivity index (χ0n) is 8.22. The summed E-state index contributed by atoms with van der Waals surface area (Å²) < 4.78 is 1.17. The SMILES string of the molecule is Cc1ccc(Br)c(NC2CCSC2)c1. The van der Waals surface area contributed by atoms with E-state index in [-0.39, 0.29) is 0 Å². The number of nitrogens with one attached hydrogen (secondary N) is 1. The number of rotatable bonds is 2. The molecule has 0 saturated carbocycles. The lowest BCUT2D eigenvalue weighted by Crippen LogP contribution is -2.18. The molecule has 0 spiro atoms. The fourth-order valence-corrected chi connectivity index (χ4v) is 3.13. The summed E-state index contributed by atoms with van der Waals surface area (Å²) >= 11 is 5.60. The van der Waals surface area contributed by atoms with Gasteiger partial charge in [0.1, 0.15) is 0 Å². The maximum Gasteiger partial charge on any atom is 0.0489 e. The first-order valence-electron chi connectivity index (χ1n) is 4.86. The summed E-state index contributed by atoms with van der Waals surface area (Å²) in [4.78, 5) is 0. The highest BCUT2D eigenvalue weighted by Gasteiger charge is 2.15. The van der Waals surface area contributed by atoms with E-state index in [0.29, 0.717) is 6.04 Å². The average molecular weight is 272 g/mol. The van der Waals surface area contributed by atoms with Crippen LogP contribution in [0.4, 0.5) is 5.69 Å². The lowest BCUT2D eigenvalue weighted by atomic mass is 10.2. The fraction of sp³-hybridized carbons (Fsp3) is 0.455. The molecule has 0 amide bonds. The Bertz CT molecular complexity index is 321. The maximum atomic E-state index is 3.58. The van der Waals surface area contributed by atoms with Crippen LogP contribution < -0.4 is 5.32 Å². The summed E-state index contributed by atoms with van der Waals surface area (Å²) in [7, 11) is 0. The van der Waals surface area contributed by atoms with Crippen molar-refractivity contribution >= 4 is 33.4 Å². The van der Waals surface area contributed by atoms with Crippen LogP contribution in [0.5, 0.6) is 0 Å². The summed E-state index contributed by atoms with van der Waals surface area (Å²) in [5, 5.41) is 3.58. The maximum absolute atomic E-state index is 3.58. The van der Waals surface area contributed by atoms with Crippen LogP contribution in [-0.2, 0) is 0 Å². The van der Waals surface area contributed by atoms with E-state index in [1.807, 2.05) is 11.8 Å². The van der Waals surface area contributed by atoms with E-state index in [2.05, 4.69) is 46.4 Å². The molecule has 0 radical (unpaired) electrons. The lowest BCUT2D eigenvalue weighted by molar-refractivity contribution is 0.812. The molecule has 1 saturated heterocycles. The molecule has 1 fully saturated rings. The van der Waals surface area contributed by atoms with Crippen LogP contribution in [0.2, 0.25) is 0 Å². The molecule has 1 aliphatic rings. The van der Waals surface area contributed by atoms with Gasteiger partial charge in [-0.15, -0.1) is 0 Å². The van der Waals surface area contributed by atoms with Gasteiger partial charge < -0.3 is 5.32 Å². The minimum Gasteiger partial charge on any atom is -0.381 e. The number of hydrogen-bond donors (Lipinski definition) is 1. The monoisotopic (exact) mass is 271 g/mol. The largest absolute Gasteiger partial charge is 0.381 e. The Morgan fingerprint density at radius 1 is 1.50 bits per heavy atom. The van der Waals surface area contributed by atoms with Gasteiger partial charge >= 0.3 is 0 Å². The van der Waals surface area contributed by atoms with Gasteiger partial charge in [-0.3, -0.25) is 0 Å². The highest BCUT2D eigenvalue weighted by Crippen LogP contribution is 2.27. The number of anilines is 1. The van der Waals surface area contributed by atoms with Crippen molar-refractivity contribution < 1.29 is 0 Å². The van der Waals surface area contributed by atoms with Crippen LogP contribution in [0.1, 0.15) is 12.0 Å². The quantitative estimate of drug-likeness (QED) is 0.881. The average Bonchev–Trinajstić information content (AvgIpc) is 2.64. The normalized spacial score (nSPS) is 21.1. The predicted molar refractivity (Wildman–Crippen MR) is 68.2 cm³/mol. The molecular weight excluding hydrogens is 258 g/mol. The second-order valence-electron chi connectivity index (χ2n) is 3.69. The van der Waals surface area contributed by atoms with Crippen LogP contribution in [0, 0.1) is 6.92 Å². The van der Waals surface area contributed by atoms with E-state index in [0.717, 1.165) is 0 Å². The van der Waals surface area contributed by atoms with Crippen LogP contribution in [0.25, 0.3) is 0 Å². The van der Waals surface area contributed by atoms with Gasteiger partial charge in [-0.2, -0.15) is 11.8 Å². The van der Waals surface area contributed by atoms with E-state index in [9.17, 15) is 0 Å². The van der Waals surface area contributed by atoms with Gasteiger partial charge in [-0.25, -0.2) is 0 Å². The summed E-state index contributed by atoms with van der Waals surface area (Å²) in [6.45, 7) is 2.13. The minimum absolute atomic E-state index is 0.651. The van der Waals surface area contributed by atoms with Gasteiger partial charge in [0.2, 0.25) is 0 Å². The molecule has 1 aromatic carbocycles. The van der Waals surface area contributed by atoms with Crippen LogP contribution in [0.15, 0.2) is 22.7 Å². The Balaban J connectivity index is 2.10. The molecule has 1 atom stereocenters. The molecule has 0 aliphatic carbocycles. The Labute approximate surface area is 97.8 Å². The van der Waals surface area contributed by atoms with E-state index < -0.39 is 0 Å². The van der Waals surface area contributed by atoms with Crippen molar-refractivity contribution in [1.29, 1.82) is 0 Å². The van der Waals surface area contributed by atoms with Crippen molar-refractivity contribution in [3.8, 4) is 0 Å². The summed E-state index contributed by atoms with van der Waals surface area (Å²) in [6, 6.07) is 7.09. The number of benzene rings is 1. The molecular formula is C11H14BrNS. The molecule has 1 N–H and O–H groups in total. The van der Waals surface area contributed by atoms with Crippen molar-refractivity contribution in [1.82, 2.24) is 0 Å². The molecule has 0 aromatic heterocycles.